The van der Waals surface area contributed by atoms with Gasteiger partial charge in [-0.05, 0) is 35.4 Å². The number of hydrazone groups is 1. The second-order valence-corrected chi connectivity index (χ2v) is 14.6. The van der Waals surface area contributed by atoms with Crippen LogP contribution >= 0.6 is 0 Å². The van der Waals surface area contributed by atoms with Gasteiger partial charge in [-0.15, -0.1) is 0 Å². The van der Waals surface area contributed by atoms with Crippen LogP contribution in [-0.2, 0) is 11.2 Å². The molecule has 2 rings (SSSR count). The number of rotatable bonds is 7. The predicted molar refractivity (Wildman–Crippen MR) is 111 cm³/mol. The highest BCUT2D eigenvalue weighted by Crippen LogP contribution is 2.44. The van der Waals surface area contributed by atoms with Crippen LogP contribution in [0.3, 0.4) is 0 Å². The summed E-state index contributed by atoms with van der Waals surface area (Å²) in [6, 6.07) is 11.3. The largest absolute Gasteiger partial charge is 0.382 e. The Hall–Kier alpha value is -1.13. The van der Waals surface area contributed by atoms with Gasteiger partial charge in [0.2, 0.25) is 0 Å². The molecule has 0 radical (unpaired) electrons. The zero-order valence-electron chi connectivity index (χ0n) is 17.0. The molecule has 0 spiro atoms. The zero-order valence-corrected chi connectivity index (χ0v) is 18.0. The molecule has 0 N–H and O–H groups in total. The monoisotopic (exact) mass is 360 g/mol. The molecular formula is C21H36N2OSi. The molecule has 1 aromatic carbocycles. The average molecular weight is 361 g/mol. The lowest BCUT2D eigenvalue weighted by Gasteiger charge is -2.42. The van der Waals surface area contributed by atoms with Crippen LogP contribution in [0.5, 0.6) is 0 Å². The van der Waals surface area contributed by atoms with Crippen LogP contribution in [0.4, 0.5) is 0 Å². The fourth-order valence-electron chi connectivity index (χ4n) is 3.42. The molecule has 3 nitrogen and oxygen atoms in total. The summed E-state index contributed by atoms with van der Waals surface area (Å²) in [5, 5.41) is 7.56. The van der Waals surface area contributed by atoms with Gasteiger partial charge in [-0.3, -0.25) is 5.01 Å². The summed E-state index contributed by atoms with van der Waals surface area (Å²) >= 11 is 0. The van der Waals surface area contributed by atoms with Gasteiger partial charge in [0, 0.05) is 19.9 Å². The molecule has 140 valence electrons. The van der Waals surface area contributed by atoms with Gasteiger partial charge in [0.05, 0.1) is 20.7 Å². The van der Waals surface area contributed by atoms with E-state index in [0.717, 1.165) is 19.6 Å². The minimum Gasteiger partial charge on any atom is -0.382 e. The van der Waals surface area contributed by atoms with Crippen LogP contribution in [0.15, 0.2) is 35.4 Å². The molecule has 1 aliphatic heterocycles. The number of benzene rings is 1. The first kappa shape index (κ1) is 20.2. The Labute approximate surface area is 155 Å². The Balaban J connectivity index is 2.21. The van der Waals surface area contributed by atoms with E-state index in [-0.39, 0.29) is 0 Å². The molecule has 0 amide bonds. The molecular weight excluding hydrogens is 324 g/mol. The Kier molecular flexibility index (Phi) is 6.86. The summed E-state index contributed by atoms with van der Waals surface area (Å²) in [6.07, 6.45) is 5.77. The number of hydrogen-bond acceptors (Lipinski definition) is 3. The maximum absolute atomic E-state index is 5.37. The first-order valence-electron chi connectivity index (χ1n) is 9.59. The summed E-state index contributed by atoms with van der Waals surface area (Å²) in [7, 11) is 0.249. The van der Waals surface area contributed by atoms with Crippen LogP contribution in [0.2, 0.25) is 23.7 Å². The van der Waals surface area contributed by atoms with Gasteiger partial charge >= 0.3 is 0 Å². The van der Waals surface area contributed by atoms with Crippen molar-refractivity contribution >= 4 is 14.3 Å². The predicted octanol–water partition coefficient (Wildman–Crippen LogP) is 5.20. The maximum atomic E-state index is 5.37. The second kappa shape index (κ2) is 8.50. The molecule has 0 aromatic heterocycles. The van der Waals surface area contributed by atoms with Crippen molar-refractivity contribution < 1.29 is 4.74 Å². The van der Waals surface area contributed by atoms with Crippen molar-refractivity contribution in [2.75, 3.05) is 20.3 Å². The van der Waals surface area contributed by atoms with Crippen LogP contribution in [0, 0.1) is 0 Å². The minimum absolute atomic E-state index is 0.343. The van der Waals surface area contributed by atoms with E-state index in [9.17, 15) is 0 Å². The van der Waals surface area contributed by atoms with Crippen molar-refractivity contribution in [3.05, 3.63) is 35.9 Å². The molecule has 0 unspecified atom stereocenters. The molecule has 1 heterocycles. The highest BCUT2D eigenvalue weighted by molar-refractivity contribution is 6.83. The van der Waals surface area contributed by atoms with Crippen LogP contribution in [-0.4, -0.2) is 45.6 Å². The summed E-state index contributed by atoms with van der Waals surface area (Å²) < 4.78 is 5.37. The fraction of sp³-hybridized carbons (Fsp3) is 0.667. The average Bonchev–Trinajstić information content (AvgIpc) is 2.99. The smallest absolute Gasteiger partial charge is 0.0704 e. The third kappa shape index (κ3) is 5.17. The summed E-state index contributed by atoms with van der Waals surface area (Å²) in [4.78, 5) is 0. The Bertz CT molecular complexity index is 551. The van der Waals surface area contributed by atoms with E-state index in [0.29, 0.717) is 16.6 Å². The Morgan fingerprint density at radius 1 is 1.28 bits per heavy atom. The molecule has 1 fully saturated rings. The standard InChI is InChI=1S/C21H36N2OSi/c1-21(2,3)25(5,6)20(15-18-11-8-7-9-12-18)16-22-23-14-10-13-19(23)17-24-4/h7-9,11-12,16,19-20H,10,13-15,17H2,1-6H3/b22-16+/t19-,20+/m0/s1. The molecule has 2 atom stereocenters. The third-order valence-corrected chi connectivity index (χ3v) is 12.3. The minimum atomic E-state index is -1.54. The lowest BCUT2D eigenvalue weighted by atomic mass is 10.1. The van der Waals surface area contributed by atoms with Gasteiger partial charge in [0.15, 0.2) is 0 Å². The molecule has 1 saturated heterocycles. The van der Waals surface area contributed by atoms with Crippen molar-refractivity contribution in [1.82, 2.24) is 5.01 Å². The van der Waals surface area contributed by atoms with Crippen LogP contribution in [0.1, 0.15) is 39.2 Å². The van der Waals surface area contributed by atoms with E-state index < -0.39 is 8.07 Å². The van der Waals surface area contributed by atoms with E-state index in [2.05, 4.69) is 75.4 Å². The van der Waals surface area contributed by atoms with Crippen molar-refractivity contribution in [1.29, 1.82) is 0 Å². The van der Waals surface area contributed by atoms with Crippen LogP contribution in [0.25, 0.3) is 0 Å². The number of methoxy groups -OCH3 is 1. The van der Waals surface area contributed by atoms with E-state index in [1.807, 2.05) is 0 Å². The highest BCUT2D eigenvalue weighted by Gasteiger charge is 2.41. The van der Waals surface area contributed by atoms with Crippen molar-refractivity contribution in [3.63, 3.8) is 0 Å². The summed E-state index contributed by atoms with van der Waals surface area (Å²) in [6.45, 7) is 14.1. The van der Waals surface area contributed by atoms with Crippen molar-refractivity contribution in [3.8, 4) is 0 Å². The number of nitrogens with zero attached hydrogens (tertiary/aromatic N) is 2. The van der Waals surface area contributed by atoms with Gasteiger partial charge < -0.3 is 4.74 Å². The summed E-state index contributed by atoms with van der Waals surface area (Å²) in [5.41, 5.74) is 1.94. The molecule has 1 aromatic rings. The second-order valence-electron chi connectivity index (χ2n) is 8.95. The third-order valence-electron chi connectivity index (χ3n) is 6.26. The molecule has 4 heteroatoms. The van der Waals surface area contributed by atoms with E-state index in [1.165, 1.54) is 18.4 Å². The number of hydrogen-bond donors (Lipinski definition) is 0. The summed E-state index contributed by atoms with van der Waals surface area (Å²) in [5.74, 6) is 0. The van der Waals surface area contributed by atoms with Gasteiger partial charge in [-0.2, -0.15) is 5.10 Å². The maximum Gasteiger partial charge on any atom is 0.0704 e. The molecule has 0 saturated carbocycles. The van der Waals surface area contributed by atoms with E-state index in [1.54, 1.807) is 7.11 Å². The van der Waals surface area contributed by atoms with Crippen LogP contribution < -0.4 is 0 Å². The first-order chi connectivity index (χ1) is 11.8. The SMILES string of the molecule is COC[C@@H]1CCCN1/N=C/[C@@H](Cc1ccccc1)[Si](C)(C)C(C)(C)C. The normalized spacial score (nSPS) is 20.4. The van der Waals surface area contributed by atoms with E-state index >= 15 is 0 Å². The van der Waals surface area contributed by atoms with Crippen molar-refractivity contribution in [2.45, 2.75) is 69.7 Å². The lowest BCUT2D eigenvalue weighted by Crippen LogP contribution is -2.44. The van der Waals surface area contributed by atoms with Gasteiger partial charge in [-0.1, -0.05) is 64.2 Å². The van der Waals surface area contributed by atoms with Gasteiger partial charge in [0.1, 0.15) is 0 Å². The zero-order chi connectivity index (χ0) is 18.5. The topological polar surface area (TPSA) is 24.8 Å². The van der Waals surface area contributed by atoms with E-state index in [4.69, 9.17) is 9.84 Å². The Morgan fingerprint density at radius 3 is 2.56 bits per heavy atom. The van der Waals surface area contributed by atoms with Crippen molar-refractivity contribution in [2.24, 2.45) is 5.10 Å². The molecule has 25 heavy (non-hydrogen) atoms. The molecule has 0 bridgehead atoms. The fourth-order valence-corrected chi connectivity index (χ4v) is 5.72. The lowest BCUT2D eigenvalue weighted by molar-refractivity contribution is 0.118. The quantitative estimate of drug-likeness (QED) is 0.493. The Morgan fingerprint density at radius 2 is 1.96 bits per heavy atom. The van der Waals surface area contributed by atoms with Gasteiger partial charge in [-0.25, -0.2) is 0 Å². The first-order valence-corrected chi connectivity index (χ1v) is 12.7. The highest BCUT2D eigenvalue weighted by atomic mass is 28.3. The molecule has 0 aliphatic carbocycles. The van der Waals surface area contributed by atoms with Gasteiger partial charge in [0.25, 0.3) is 0 Å². The molecule has 1 aliphatic rings. The number of ether oxygens (including phenoxy) is 1.